The Bertz CT molecular complexity index is 414. The molecule has 1 atom stereocenters. The second-order valence-corrected chi connectivity index (χ2v) is 6.41. The van der Waals surface area contributed by atoms with Gasteiger partial charge in [0, 0.05) is 22.8 Å². The van der Waals surface area contributed by atoms with Crippen LogP contribution in [0, 0.1) is 0 Å². The summed E-state index contributed by atoms with van der Waals surface area (Å²) >= 11 is 5.53. The van der Waals surface area contributed by atoms with Gasteiger partial charge in [0.15, 0.2) is 11.5 Å². The molecule has 1 aliphatic rings. The summed E-state index contributed by atoms with van der Waals surface area (Å²) in [5, 5.41) is 3.52. The summed E-state index contributed by atoms with van der Waals surface area (Å²) in [6.07, 6.45) is 0. The number of benzene rings is 1. The van der Waals surface area contributed by atoms with Crippen molar-refractivity contribution in [3.8, 4) is 11.5 Å². The first kappa shape index (κ1) is 14.0. The summed E-state index contributed by atoms with van der Waals surface area (Å²) in [6.45, 7) is 5.56. The summed E-state index contributed by atoms with van der Waals surface area (Å²) in [5.74, 6) is 3.96. The lowest BCUT2D eigenvalue weighted by molar-refractivity contribution is 0.174. The predicted molar refractivity (Wildman–Crippen MR) is 79.6 cm³/mol. The Balaban J connectivity index is 1.93. The van der Waals surface area contributed by atoms with E-state index in [0.29, 0.717) is 12.8 Å². The van der Waals surface area contributed by atoms with Crippen LogP contribution in [-0.2, 0) is 6.54 Å². The lowest BCUT2D eigenvalue weighted by Gasteiger charge is -2.14. The van der Waals surface area contributed by atoms with Crippen molar-refractivity contribution in [3.63, 3.8) is 0 Å². The smallest absolute Gasteiger partial charge is 0.231 e. The van der Waals surface area contributed by atoms with Crippen molar-refractivity contribution in [2.75, 3.05) is 18.3 Å². The number of halogens is 1. The molecule has 2 rings (SSSR count). The zero-order valence-electron chi connectivity index (χ0n) is 10.7. The highest BCUT2D eigenvalue weighted by atomic mass is 79.9. The molecule has 0 bridgehead atoms. The second kappa shape index (κ2) is 6.68. The zero-order valence-corrected chi connectivity index (χ0v) is 13.1. The fourth-order valence-corrected chi connectivity index (χ4v) is 2.90. The number of fused-ring (bicyclic) bond motifs is 1. The van der Waals surface area contributed by atoms with Crippen molar-refractivity contribution in [3.05, 3.63) is 22.2 Å². The molecule has 0 aromatic heterocycles. The molecule has 0 amide bonds. The SMILES string of the molecule is CCSCC(C)NCc1cc2c(cc1Br)OCO2. The van der Waals surface area contributed by atoms with E-state index in [1.54, 1.807) is 0 Å². The minimum absolute atomic E-state index is 0.322. The van der Waals surface area contributed by atoms with Crippen LogP contribution in [0.1, 0.15) is 19.4 Å². The van der Waals surface area contributed by atoms with Crippen LogP contribution in [0.4, 0.5) is 0 Å². The first-order valence-electron chi connectivity index (χ1n) is 6.10. The number of hydrogen-bond acceptors (Lipinski definition) is 4. The minimum atomic E-state index is 0.322. The van der Waals surface area contributed by atoms with Crippen LogP contribution in [-0.4, -0.2) is 24.3 Å². The Hall–Kier alpha value is -0.390. The summed E-state index contributed by atoms with van der Waals surface area (Å²) in [5.41, 5.74) is 1.20. The van der Waals surface area contributed by atoms with Crippen LogP contribution in [0.2, 0.25) is 0 Å². The van der Waals surface area contributed by atoms with E-state index in [-0.39, 0.29) is 0 Å². The minimum Gasteiger partial charge on any atom is -0.454 e. The van der Waals surface area contributed by atoms with Crippen LogP contribution in [0.3, 0.4) is 0 Å². The maximum Gasteiger partial charge on any atom is 0.231 e. The summed E-state index contributed by atoms with van der Waals surface area (Å²) < 4.78 is 11.8. The average molecular weight is 332 g/mol. The van der Waals surface area contributed by atoms with E-state index in [9.17, 15) is 0 Å². The maximum absolute atomic E-state index is 5.39. The van der Waals surface area contributed by atoms with Gasteiger partial charge >= 0.3 is 0 Å². The Kier molecular flexibility index (Phi) is 5.21. The van der Waals surface area contributed by atoms with Gasteiger partial charge in [0.05, 0.1) is 0 Å². The summed E-state index contributed by atoms with van der Waals surface area (Å²) in [4.78, 5) is 0. The summed E-state index contributed by atoms with van der Waals surface area (Å²) in [6, 6.07) is 4.52. The molecule has 1 aromatic carbocycles. The van der Waals surface area contributed by atoms with Gasteiger partial charge in [-0.25, -0.2) is 0 Å². The van der Waals surface area contributed by atoms with Crippen molar-refractivity contribution >= 4 is 27.7 Å². The third kappa shape index (κ3) is 3.56. The molecule has 0 saturated carbocycles. The van der Waals surface area contributed by atoms with Crippen molar-refractivity contribution in [1.82, 2.24) is 5.32 Å². The molecule has 0 aliphatic carbocycles. The fraction of sp³-hybridized carbons (Fsp3) is 0.538. The normalized spacial score (nSPS) is 14.8. The largest absolute Gasteiger partial charge is 0.454 e. The second-order valence-electron chi connectivity index (χ2n) is 4.24. The van der Waals surface area contributed by atoms with Gasteiger partial charge in [-0.3, -0.25) is 0 Å². The van der Waals surface area contributed by atoms with Gasteiger partial charge in [-0.05, 0) is 30.4 Å². The molecule has 3 nitrogen and oxygen atoms in total. The first-order chi connectivity index (χ1) is 8.70. The van der Waals surface area contributed by atoms with E-state index in [0.717, 1.165) is 28.3 Å². The number of thioether (sulfide) groups is 1. The molecule has 1 N–H and O–H groups in total. The third-order valence-electron chi connectivity index (χ3n) is 2.75. The lowest BCUT2D eigenvalue weighted by Crippen LogP contribution is -2.27. The molecule has 100 valence electrons. The van der Waals surface area contributed by atoms with Crippen LogP contribution in [0.15, 0.2) is 16.6 Å². The standard InChI is InChI=1S/C13H18BrNO2S/c1-3-18-7-9(2)15-6-10-4-12-13(5-11(10)14)17-8-16-12/h4-5,9,15H,3,6-8H2,1-2H3. The molecule has 0 radical (unpaired) electrons. The van der Waals surface area contributed by atoms with Gasteiger partial charge in [0.2, 0.25) is 6.79 Å². The van der Waals surface area contributed by atoms with Crippen molar-refractivity contribution in [2.24, 2.45) is 0 Å². The highest BCUT2D eigenvalue weighted by Gasteiger charge is 2.16. The third-order valence-corrected chi connectivity index (χ3v) is 4.64. The molecule has 1 aliphatic heterocycles. The van der Waals surface area contributed by atoms with Crippen molar-refractivity contribution < 1.29 is 9.47 Å². The quantitative estimate of drug-likeness (QED) is 0.865. The number of nitrogens with one attached hydrogen (secondary N) is 1. The molecular weight excluding hydrogens is 314 g/mol. The van der Waals surface area contributed by atoms with Crippen molar-refractivity contribution in [1.29, 1.82) is 0 Å². The lowest BCUT2D eigenvalue weighted by atomic mass is 10.2. The van der Waals surface area contributed by atoms with E-state index in [4.69, 9.17) is 9.47 Å². The number of hydrogen-bond donors (Lipinski definition) is 1. The van der Waals surface area contributed by atoms with Crippen LogP contribution in [0.5, 0.6) is 11.5 Å². The molecule has 0 saturated heterocycles. The molecule has 5 heteroatoms. The van der Waals surface area contributed by atoms with Gasteiger partial charge in [-0.2, -0.15) is 11.8 Å². The van der Waals surface area contributed by atoms with Crippen LogP contribution >= 0.6 is 27.7 Å². The van der Waals surface area contributed by atoms with E-state index in [1.165, 1.54) is 11.3 Å². The molecule has 1 aromatic rings. The highest BCUT2D eigenvalue weighted by Crippen LogP contribution is 2.36. The van der Waals surface area contributed by atoms with E-state index >= 15 is 0 Å². The van der Waals surface area contributed by atoms with Gasteiger partial charge in [-0.1, -0.05) is 22.9 Å². The van der Waals surface area contributed by atoms with Crippen LogP contribution in [0.25, 0.3) is 0 Å². The topological polar surface area (TPSA) is 30.5 Å². The van der Waals surface area contributed by atoms with E-state index < -0.39 is 0 Å². The molecule has 18 heavy (non-hydrogen) atoms. The Labute approximate surface area is 121 Å². The molecule has 0 fully saturated rings. The van der Waals surface area contributed by atoms with E-state index in [1.807, 2.05) is 23.9 Å². The summed E-state index contributed by atoms with van der Waals surface area (Å²) in [7, 11) is 0. The number of ether oxygens (including phenoxy) is 2. The Morgan fingerprint density at radius 2 is 2.11 bits per heavy atom. The maximum atomic E-state index is 5.39. The van der Waals surface area contributed by atoms with Gasteiger partial charge in [0.1, 0.15) is 0 Å². The predicted octanol–water partition coefficient (Wildman–Crippen LogP) is 3.41. The highest BCUT2D eigenvalue weighted by molar-refractivity contribution is 9.10. The molecule has 1 heterocycles. The zero-order chi connectivity index (χ0) is 13.0. The van der Waals surface area contributed by atoms with Gasteiger partial charge in [0.25, 0.3) is 0 Å². The Morgan fingerprint density at radius 1 is 1.39 bits per heavy atom. The average Bonchev–Trinajstić information content (AvgIpc) is 2.80. The Morgan fingerprint density at radius 3 is 2.83 bits per heavy atom. The molecular formula is C13H18BrNO2S. The van der Waals surface area contributed by atoms with Crippen LogP contribution < -0.4 is 14.8 Å². The van der Waals surface area contributed by atoms with Gasteiger partial charge < -0.3 is 14.8 Å². The first-order valence-corrected chi connectivity index (χ1v) is 8.04. The fourth-order valence-electron chi connectivity index (χ4n) is 1.73. The monoisotopic (exact) mass is 331 g/mol. The number of rotatable bonds is 6. The van der Waals surface area contributed by atoms with E-state index in [2.05, 4.69) is 35.1 Å². The van der Waals surface area contributed by atoms with Gasteiger partial charge in [-0.15, -0.1) is 0 Å². The molecule has 0 spiro atoms. The molecule has 1 unspecified atom stereocenters. The van der Waals surface area contributed by atoms with Crippen molar-refractivity contribution in [2.45, 2.75) is 26.4 Å².